The van der Waals surface area contributed by atoms with Crippen LogP contribution in [-0.4, -0.2) is 27.9 Å². The van der Waals surface area contributed by atoms with Gasteiger partial charge in [0.1, 0.15) is 0 Å². The van der Waals surface area contributed by atoms with Gasteiger partial charge in [0.2, 0.25) is 0 Å². The van der Waals surface area contributed by atoms with Gasteiger partial charge in [-0.15, -0.1) is 0 Å². The smallest absolute Gasteiger partial charge is 0.253 e. The van der Waals surface area contributed by atoms with E-state index in [4.69, 9.17) is 5.26 Å². The largest absolute Gasteiger partial charge is 0.390 e. The predicted molar refractivity (Wildman–Crippen MR) is 89.7 cm³/mol. The number of aliphatic hydroxyl groups excluding tert-OH is 1. The minimum Gasteiger partial charge on any atom is -0.390 e. The summed E-state index contributed by atoms with van der Waals surface area (Å²) in [5, 5.41) is 22.6. The number of carbonyl (C=O) groups excluding carboxylic acids is 2. The molecule has 0 saturated carbocycles. The van der Waals surface area contributed by atoms with Crippen LogP contribution in [0.4, 0.5) is 0 Å². The summed E-state index contributed by atoms with van der Waals surface area (Å²) in [5.41, 5.74) is 0.508. The molecule has 126 valence electrons. The molecule has 6 nitrogen and oxygen atoms in total. The Hall–Kier alpha value is -3.04. The molecule has 2 N–H and O–H groups in total. The molecule has 25 heavy (non-hydrogen) atoms. The van der Waals surface area contributed by atoms with Crippen LogP contribution >= 0.6 is 0 Å². The van der Waals surface area contributed by atoms with Crippen molar-refractivity contribution in [3.8, 4) is 6.07 Å². The molecule has 0 radical (unpaired) electrons. The number of ketones is 1. The number of aliphatic hydroxyl groups is 1. The summed E-state index contributed by atoms with van der Waals surface area (Å²) in [4.78, 5) is 29.1. The van der Waals surface area contributed by atoms with Crippen molar-refractivity contribution in [1.29, 1.82) is 5.26 Å². The van der Waals surface area contributed by atoms with Crippen LogP contribution in [0.15, 0.2) is 42.7 Å². The lowest BCUT2D eigenvalue weighted by atomic mass is 9.68. The van der Waals surface area contributed by atoms with Crippen molar-refractivity contribution in [3.05, 3.63) is 65.0 Å². The van der Waals surface area contributed by atoms with Crippen molar-refractivity contribution in [1.82, 2.24) is 10.3 Å². The maximum absolute atomic E-state index is 12.7. The molecule has 0 spiro atoms. The molecule has 1 aliphatic carbocycles. The quantitative estimate of drug-likeness (QED) is 0.874. The molecular weight excluding hydrogens is 318 g/mol. The van der Waals surface area contributed by atoms with E-state index in [9.17, 15) is 14.7 Å². The Morgan fingerprint density at radius 3 is 2.76 bits per heavy atom. The second-order valence-electron chi connectivity index (χ2n) is 6.60. The fourth-order valence-electron chi connectivity index (χ4n) is 3.04. The number of fused-ring (bicyclic) bond motifs is 1. The molecule has 0 bridgehead atoms. The number of hydrogen-bond acceptors (Lipinski definition) is 5. The van der Waals surface area contributed by atoms with Crippen molar-refractivity contribution < 1.29 is 14.7 Å². The van der Waals surface area contributed by atoms with E-state index < -0.39 is 23.5 Å². The second-order valence-corrected chi connectivity index (χ2v) is 6.60. The van der Waals surface area contributed by atoms with Crippen molar-refractivity contribution in [3.63, 3.8) is 0 Å². The molecule has 0 aliphatic heterocycles. The predicted octanol–water partition coefficient (Wildman–Crippen LogP) is 2.01. The number of nitriles is 1. The summed E-state index contributed by atoms with van der Waals surface area (Å²) in [6, 6.07) is 9.15. The first kappa shape index (κ1) is 16.8. The number of nitrogens with one attached hydrogen (secondary N) is 1. The van der Waals surface area contributed by atoms with E-state index in [1.54, 1.807) is 50.4 Å². The van der Waals surface area contributed by atoms with E-state index >= 15 is 0 Å². The van der Waals surface area contributed by atoms with Crippen molar-refractivity contribution >= 4 is 11.7 Å². The SMILES string of the molecule is CC1(C)C(=O)c2ccc(C#N)cc2[C@H](NC(=O)c2cccnc2)[C@H]1O. The van der Waals surface area contributed by atoms with Gasteiger partial charge in [0, 0.05) is 18.0 Å². The monoisotopic (exact) mass is 335 g/mol. The van der Waals surface area contributed by atoms with Gasteiger partial charge in [-0.1, -0.05) is 0 Å². The summed E-state index contributed by atoms with van der Waals surface area (Å²) >= 11 is 0. The van der Waals surface area contributed by atoms with Gasteiger partial charge in [0.25, 0.3) is 5.91 Å². The molecule has 2 aromatic rings. The van der Waals surface area contributed by atoms with E-state index in [0.717, 1.165) is 0 Å². The maximum Gasteiger partial charge on any atom is 0.253 e. The number of aromatic nitrogens is 1. The van der Waals surface area contributed by atoms with Crippen molar-refractivity contribution in [2.24, 2.45) is 5.41 Å². The number of rotatable bonds is 2. The molecule has 1 aromatic heterocycles. The average Bonchev–Trinajstić information content (AvgIpc) is 2.64. The summed E-state index contributed by atoms with van der Waals surface area (Å²) in [6.07, 6.45) is 1.86. The Bertz CT molecular complexity index is 885. The second kappa shape index (κ2) is 6.11. The zero-order valence-corrected chi connectivity index (χ0v) is 13.9. The zero-order valence-electron chi connectivity index (χ0n) is 13.9. The molecule has 6 heteroatoms. The van der Waals surface area contributed by atoms with Gasteiger partial charge in [0.15, 0.2) is 5.78 Å². The van der Waals surface area contributed by atoms with Gasteiger partial charge in [0.05, 0.1) is 34.8 Å². The third kappa shape index (κ3) is 2.79. The zero-order chi connectivity index (χ0) is 18.2. The highest BCUT2D eigenvalue weighted by atomic mass is 16.3. The minimum absolute atomic E-state index is 0.216. The van der Waals surface area contributed by atoms with Gasteiger partial charge in [-0.2, -0.15) is 5.26 Å². The number of nitrogens with zero attached hydrogens (tertiary/aromatic N) is 2. The van der Waals surface area contributed by atoms with Crippen LogP contribution in [0.1, 0.15) is 51.7 Å². The first-order valence-corrected chi connectivity index (χ1v) is 7.84. The van der Waals surface area contributed by atoms with E-state index in [1.807, 2.05) is 6.07 Å². The fraction of sp³-hybridized carbons (Fsp3) is 0.263. The minimum atomic E-state index is -1.12. The Kier molecular flexibility index (Phi) is 4.11. The topological polar surface area (TPSA) is 103 Å². The molecular formula is C19H17N3O3. The van der Waals surface area contributed by atoms with E-state index in [2.05, 4.69) is 10.3 Å². The Morgan fingerprint density at radius 1 is 1.36 bits per heavy atom. The Morgan fingerprint density at radius 2 is 2.12 bits per heavy atom. The first-order chi connectivity index (χ1) is 11.9. The average molecular weight is 335 g/mol. The maximum atomic E-state index is 12.7. The number of hydrogen-bond donors (Lipinski definition) is 2. The third-order valence-corrected chi connectivity index (χ3v) is 4.61. The lowest BCUT2D eigenvalue weighted by Gasteiger charge is -2.40. The molecule has 0 saturated heterocycles. The molecule has 3 rings (SSSR count). The van der Waals surface area contributed by atoms with Crippen LogP contribution in [0.2, 0.25) is 0 Å². The molecule has 1 amide bonds. The highest BCUT2D eigenvalue weighted by Gasteiger charge is 2.47. The van der Waals surface area contributed by atoms with Crippen LogP contribution in [0.5, 0.6) is 0 Å². The molecule has 2 atom stereocenters. The number of Topliss-reactive ketones (excluding diaryl/α,β-unsaturated/α-hetero) is 1. The first-order valence-electron chi connectivity index (χ1n) is 7.84. The van der Waals surface area contributed by atoms with Gasteiger partial charge < -0.3 is 10.4 Å². The lowest BCUT2D eigenvalue weighted by molar-refractivity contribution is 0.0129. The van der Waals surface area contributed by atoms with Crippen LogP contribution in [0.25, 0.3) is 0 Å². The molecule has 1 aromatic carbocycles. The third-order valence-electron chi connectivity index (χ3n) is 4.61. The van der Waals surface area contributed by atoms with Crippen LogP contribution < -0.4 is 5.32 Å². The number of benzene rings is 1. The highest BCUT2D eigenvalue weighted by Crippen LogP contribution is 2.41. The van der Waals surface area contributed by atoms with Gasteiger partial charge in [-0.25, -0.2) is 0 Å². The summed E-state index contributed by atoms with van der Waals surface area (Å²) < 4.78 is 0. The number of amides is 1. The lowest BCUT2D eigenvalue weighted by Crippen LogP contribution is -2.51. The van der Waals surface area contributed by atoms with Crippen LogP contribution in [0, 0.1) is 16.7 Å². The van der Waals surface area contributed by atoms with Crippen LogP contribution in [-0.2, 0) is 0 Å². The van der Waals surface area contributed by atoms with Crippen molar-refractivity contribution in [2.75, 3.05) is 0 Å². The van der Waals surface area contributed by atoms with E-state index in [0.29, 0.717) is 22.3 Å². The number of pyridine rings is 1. The Labute approximate surface area is 145 Å². The summed E-state index contributed by atoms with van der Waals surface area (Å²) in [6.45, 7) is 3.29. The van der Waals surface area contributed by atoms with Gasteiger partial charge in [-0.05, 0) is 49.7 Å². The van der Waals surface area contributed by atoms with Gasteiger partial charge >= 0.3 is 0 Å². The van der Waals surface area contributed by atoms with Crippen LogP contribution in [0.3, 0.4) is 0 Å². The Balaban J connectivity index is 2.06. The summed E-state index contributed by atoms with van der Waals surface area (Å²) in [7, 11) is 0. The highest BCUT2D eigenvalue weighted by molar-refractivity contribution is 6.04. The normalized spacial score (nSPS) is 21.1. The van der Waals surface area contributed by atoms with Gasteiger partial charge in [-0.3, -0.25) is 14.6 Å². The standard InChI is InChI=1S/C19H17N3O3/c1-19(2)16(23)13-6-5-11(9-20)8-14(13)15(17(19)24)22-18(25)12-4-3-7-21-10-12/h3-8,10,15,17,24H,1-2H3,(H,22,25)/t15-,17+/m0/s1. The molecule has 1 aliphatic rings. The fourth-order valence-corrected chi connectivity index (χ4v) is 3.04. The van der Waals surface area contributed by atoms with E-state index in [1.165, 1.54) is 6.20 Å². The molecule has 0 fully saturated rings. The van der Waals surface area contributed by atoms with Crippen molar-refractivity contribution in [2.45, 2.75) is 26.0 Å². The molecule has 1 heterocycles. The van der Waals surface area contributed by atoms with E-state index in [-0.39, 0.29) is 5.78 Å². The summed E-state index contributed by atoms with van der Waals surface area (Å²) in [5.74, 6) is -0.623. The number of carbonyl (C=O) groups is 2. The molecule has 0 unspecified atom stereocenters.